The summed E-state index contributed by atoms with van der Waals surface area (Å²) < 4.78 is 0. The van der Waals surface area contributed by atoms with Gasteiger partial charge in [-0.3, -0.25) is 4.79 Å². The number of amides is 1. The smallest absolute Gasteiger partial charge is 0.283 e. The van der Waals surface area contributed by atoms with Crippen molar-refractivity contribution < 1.29 is 4.79 Å². The Hall–Kier alpha value is 0. The highest BCUT2D eigenvalue weighted by Crippen LogP contribution is 2.25. The molecule has 106 valence electrons. The van der Waals surface area contributed by atoms with Gasteiger partial charge in [0.1, 0.15) is 0 Å². The van der Waals surface area contributed by atoms with E-state index < -0.39 is 0 Å². The normalized spacial score (nSPS) is 13.1. The number of hydrogen-bond acceptors (Lipinski definition) is 2. The lowest BCUT2D eigenvalue weighted by Gasteiger charge is -2.19. The molecule has 0 spiro atoms. The molecule has 1 N–H and O–H groups in total. The highest BCUT2D eigenvalue weighted by Gasteiger charge is 2.13. The van der Waals surface area contributed by atoms with Crippen LogP contribution >= 0.6 is 43.6 Å². The molecule has 19 heavy (non-hydrogen) atoms. The maximum Gasteiger partial charge on any atom is 0.283 e. The number of benzene rings is 1. The molecule has 0 radical (unpaired) electrons. The summed E-state index contributed by atoms with van der Waals surface area (Å²) in [6, 6.07) is 8.17. The van der Waals surface area contributed by atoms with E-state index in [0.717, 1.165) is 10.2 Å². The van der Waals surface area contributed by atoms with Crippen LogP contribution in [0.5, 0.6) is 0 Å². The van der Waals surface area contributed by atoms with Crippen molar-refractivity contribution in [3.8, 4) is 0 Å². The van der Waals surface area contributed by atoms with Crippen molar-refractivity contribution in [2.24, 2.45) is 0 Å². The number of halogens is 2. The quantitative estimate of drug-likeness (QED) is 0.564. The molecule has 0 aliphatic heterocycles. The van der Waals surface area contributed by atoms with Crippen molar-refractivity contribution in [2.75, 3.05) is 11.9 Å². The van der Waals surface area contributed by atoms with Crippen LogP contribution in [0.15, 0.2) is 29.2 Å². The van der Waals surface area contributed by atoms with Crippen LogP contribution in [0, 0.1) is 0 Å². The minimum absolute atomic E-state index is 0.0195. The van der Waals surface area contributed by atoms with Crippen molar-refractivity contribution >= 4 is 48.9 Å². The summed E-state index contributed by atoms with van der Waals surface area (Å²) in [4.78, 5) is 13.0. The Bertz CT molecular complexity index is 414. The van der Waals surface area contributed by atoms with Crippen LogP contribution in [0.25, 0.3) is 0 Å². The predicted octanol–water partition coefficient (Wildman–Crippen LogP) is 4.94. The van der Waals surface area contributed by atoms with E-state index >= 15 is 0 Å². The Balaban J connectivity index is 2.51. The molecule has 0 aliphatic rings. The number of thioether (sulfide) groups is 1. The van der Waals surface area contributed by atoms with Crippen LogP contribution in [0.3, 0.4) is 0 Å². The van der Waals surface area contributed by atoms with Gasteiger partial charge in [-0.05, 0) is 34.9 Å². The Morgan fingerprint density at radius 2 is 1.89 bits per heavy atom. The highest BCUT2D eigenvalue weighted by atomic mass is 79.9. The molecule has 5 heteroatoms. The first-order valence-electron chi connectivity index (χ1n) is 6.09. The van der Waals surface area contributed by atoms with Gasteiger partial charge in [0.05, 0.1) is 0 Å². The van der Waals surface area contributed by atoms with Gasteiger partial charge in [-0.2, -0.15) is 0 Å². The fraction of sp³-hybridized carbons (Fsp3) is 0.500. The van der Waals surface area contributed by atoms with Gasteiger partial charge in [0.2, 0.25) is 0 Å². The summed E-state index contributed by atoms with van der Waals surface area (Å²) in [5.41, 5.74) is 1.42. The Morgan fingerprint density at radius 1 is 1.32 bits per heavy atom. The first-order valence-corrected chi connectivity index (χ1v) is 8.94. The minimum atomic E-state index is -0.0195. The SMILES string of the molecule is CC(C)(C)c1ccc(SC(=O)NCC(Br)CBr)cc1. The summed E-state index contributed by atoms with van der Waals surface area (Å²) in [5.74, 6) is 0. The summed E-state index contributed by atoms with van der Waals surface area (Å²) in [7, 11) is 0. The molecule has 1 aromatic rings. The molecule has 1 amide bonds. The zero-order chi connectivity index (χ0) is 14.5. The average molecular weight is 409 g/mol. The molecule has 1 unspecified atom stereocenters. The van der Waals surface area contributed by atoms with Gasteiger partial charge in [0.15, 0.2) is 0 Å². The van der Waals surface area contributed by atoms with Gasteiger partial charge in [-0.1, -0.05) is 64.8 Å². The highest BCUT2D eigenvalue weighted by molar-refractivity contribution is 9.12. The van der Waals surface area contributed by atoms with Gasteiger partial charge in [0.25, 0.3) is 5.24 Å². The Kier molecular flexibility index (Phi) is 6.91. The molecule has 1 aromatic carbocycles. The second-order valence-corrected chi connectivity index (χ2v) is 8.29. The van der Waals surface area contributed by atoms with Gasteiger partial charge in [-0.25, -0.2) is 0 Å². The maximum absolute atomic E-state index is 11.7. The summed E-state index contributed by atoms with van der Waals surface area (Å²) in [6.07, 6.45) is 0. The number of alkyl halides is 2. The molecule has 2 nitrogen and oxygen atoms in total. The van der Waals surface area contributed by atoms with E-state index in [1.807, 2.05) is 12.1 Å². The van der Waals surface area contributed by atoms with Crippen LogP contribution < -0.4 is 5.32 Å². The monoisotopic (exact) mass is 407 g/mol. The number of rotatable bonds is 4. The van der Waals surface area contributed by atoms with E-state index in [4.69, 9.17) is 0 Å². The third kappa shape index (κ3) is 6.32. The van der Waals surface area contributed by atoms with Crippen LogP contribution in [0.2, 0.25) is 0 Å². The minimum Gasteiger partial charge on any atom is -0.346 e. The van der Waals surface area contributed by atoms with Crippen LogP contribution in [-0.2, 0) is 5.41 Å². The summed E-state index contributed by atoms with van der Waals surface area (Å²) in [6.45, 7) is 7.16. The average Bonchev–Trinajstić information content (AvgIpc) is 2.35. The third-order valence-electron chi connectivity index (χ3n) is 2.57. The van der Waals surface area contributed by atoms with E-state index in [0.29, 0.717) is 6.54 Å². The summed E-state index contributed by atoms with van der Waals surface area (Å²) >= 11 is 8.03. The standard InChI is InChI=1S/C14H19Br2NOS/c1-14(2,3)10-4-6-12(7-5-10)19-13(18)17-9-11(16)8-15/h4-7,11H,8-9H2,1-3H3,(H,17,18). The molecule has 0 fully saturated rings. The zero-order valence-corrected chi connectivity index (χ0v) is 15.4. The lowest BCUT2D eigenvalue weighted by molar-refractivity contribution is 0.261. The largest absolute Gasteiger partial charge is 0.346 e. The lowest BCUT2D eigenvalue weighted by atomic mass is 9.87. The molecular formula is C14H19Br2NOS. The molecule has 1 rings (SSSR count). The lowest BCUT2D eigenvalue weighted by Crippen LogP contribution is -2.26. The fourth-order valence-corrected chi connectivity index (χ4v) is 2.45. The molecular weight excluding hydrogens is 390 g/mol. The first-order chi connectivity index (χ1) is 8.82. The number of nitrogens with one attached hydrogen (secondary N) is 1. The maximum atomic E-state index is 11.7. The topological polar surface area (TPSA) is 29.1 Å². The van der Waals surface area contributed by atoms with Crippen LogP contribution in [-0.4, -0.2) is 21.9 Å². The van der Waals surface area contributed by atoms with E-state index in [1.54, 1.807) is 0 Å². The van der Waals surface area contributed by atoms with E-state index in [2.05, 4.69) is 70.1 Å². The molecule has 0 aliphatic carbocycles. The van der Waals surface area contributed by atoms with Gasteiger partial charge in [0, 0.05) is 21.6 Å². The predicted molar refractivity (Wildman–Crippen MR) is 90.9 cm³/mol. The van der Waals surface area contributed by atoms with E-state index in [9.17, 15) is 4.79 Å². The zero-order valence-electron chi connectivity index (χ0n) is 11.4. The van der Waals surface area contributed by atoms with Crippen molar-refractivity contribution in [2.45, 2.75) is 35.9 Å². The summed E-state index contributed by atoms with van der Waals surface area (Å²) in [5, 5.41) is 3.67. The molecule has 0 saturated heterocycles. The molecule has 0 bridgehead atoms. The Morgan fingerprint density at radius 3 is 2.37 bits per heavy atom. The van der Waals surface area contributed by atoms with Crippen molar-refractivity contribution in [3.05, 3.63) is 29.8 Å². The second-order valence-electron chi connectivity index (χ2n) is 5.30. The van der Waals surface area contributed by atoms with Crippen molar-refractivity contribution in [1.82, 2.24) is 5.32 Å². The number of hydrogen-bond donors (Lipinski definition) is 1. The van der Waals surface area contributed by atoms with Gasteiger partial charge in [-0.15, -0.1) is 0 Å². The first kappa shape index (κ1) is 17.1. The van der Waals surface area contributed by atoms with E-state index in [-0.39, 0.29) is 15.5 Å². The molecule has 0 heterocycles. The van der Waals surface area contributed by atoms with E-state index in [1.165, 1.54) is 17.3 Å². The third-order valence-corrected chi connectivity index (χ3v) is 5.70. The van der Waals surface area contributed by atoms with Crippen molar-refractivity contribution in [3.63, 3.8) is 0 Å². The number of carbonyl (C=O) groups excluding carboxylic acids is 1. The fourth-order valence-electron chi connectivity index (χ4n) is 1.41. The van der Waals surface area contributed by atoms with Crippen LogP contribution in [0.4, 0.5) is 4.79 Å². The van der Waals surface area contributed by atoms with Gasteiger partial charge < -0.3 is 5.32 Å². The molecule has 0 saturated carbocycles. The second kappa shape index (κ2) is 7.70. The van der Waals surface area contributed by atoms with Gasteiger partial charge >= 0.3 is 0 Å². The number of carbonyl (C=O) groups is 1. The Labute approximate surface area is 136 Å². The van der Waals surface area contributed by atoms with Crippen molar-refractivity contribution in [1.29, 1.82) is 0 Å². The molecule has 1 atom stereocenters. The molecule has 0 aromatic heterocycles. The van der Waals surface area contributed by atoms with Crippen LogP contribution in [0.1, 0.15) is 26.3 Å².